The summed E-state index contributed by atoms with van der Waals surface area (Å²) in [7, 11) is 0. The summed E-state index contributed by atoms with van der Waals surface area (Å²) in [5, 5.41) is 22.9. The van der Waals surface area contributed by atoms with E-state index in [0.717, 1.165) is 6.42 Å². The molecule has 7 nitrogen and oxygen atoms in total. The fourth-order valence-electron chi connectivity index (χ4n) is 8.41. The highest BCUT2D eigenvalue weighted by molar-refractivity contribution is 5.92. The van der Waals surface area contributed by atoms with Crippen LogP contribution in [0.2, 0.25) is 0 Å². The summed E-state index contributed by atoms with van der Waals surface area (Å²) < 4.78 is 11.7. The first kappa shape index (κ1) is 22.7. The van der Waals surface area contributed by atoms with Gasteiger partial charge in [0.15, 0.2) is 0 Å². The van der Waals surface area contributed by atoms with Crippen molar-refractivity contribution in [3.05, 3.63) is 0 Å². The normalized spacial score (nSPS) is 50.3. The zero-order chi connectivity index (χ0) is 23.1. The minimum absolute atomic E-state index is 0.0748. The molecule has 0 saturated heterocycles. The molecular formula is C24H36O7. The molecule has 1 spiro atoms. The van der Waals surface area contributed by atoms with Crippen LogP contribution in [0.15, 0.2) is 0 Å². The van der Waals surface area contributed by atoms with E-state index in [0.29, 0.717) is 19.3 Å². The molecule has 0 heterocycles. The maximum absolute atomic E-state index is 13.7. The van der Waals surface area contributed by atoms with E-state index in [9.17, 15) is 24.6 Å². The molecule has 0 aliphatic heterocycles. The van der Waals surface area contributed by atoms with Crippen LogP contribution < -0.4 is 0 Å². The van der Waals surface area contributed by atoms with E-state index in [2.05, 4.69) is 13.8 Å². The average Bonchev–Trinajstić information content (AvgIpc) is 2.76. The Kier molecular flexibility index (Phi) is 5.14. The lowest BCUT2D eigenvalue weighted by Gasteiger charge is -2.67. The molecule has 4 aliphatic rings. The Morgan fingerprint density at radius 3 is 2.23 bits per heavy atom. The van der Waals surface area contributed by atoms with Gasteiger partial charge in [-0.2, -0.15) is 0 Å². The number of rotatable bonds is 2. The Hall–Kier alpha value is -1.47. The quantitative estimate of drug-likeness (QED) is 0.639. The van der Waals surface area contributed by atoms with Crippen molar-refractivity contribution in [2.24, 2.45) is 39.9 Å². The first-order valence-electron chi connectivity index (χ1n) is 11.5. The molecule has 0 aromatic carbocycles. The molecule has 31 heavy (non-hydrogen) atoms. The van der Waals surface area contributed by atoms with Gasteiger partial charge in [-0.3, -0.25) is 14.4 Å². The maximum Gasteiger partial charge on any atom is 0.302 e. The summed E-state index contributed by atoms with van der Waals surface area (Å²) in [6, 6.07) is 0. The van der Waals surface area contributed by atoms with Gasteiger partial charge in [-0.1, -0.05) is 27.7 Å². The predicted octanol–water partition coefficient (Wildman–Crippen LogP) is 2.26. The number of carbonyl (C=O) groups is 3. The van der Waals surface area contributed by atoms with Crippen LogP contribution in [0.25, 0.3) is 0 Å². The molecule has 7 heteroatoms. The Balaban J connectivity index is 1.96. The molecule has 0 radical (unpaired) electrons. The predicted molar refractivity (Wildman–Crippen MR) is 111 cm³/mol. The van der Waals surface area contributed by atoms with Gasteiger partial charge in [0.25, 0.3) is 0 Å². The van der Waals surface area contributed by atoms with Crippen LogP contribution in [0.4, 0.5) is 0 Å². The molecule has 4 fully saturated rings. The second-order valence-corrected chi connectivity index (χ2v) is 11.4. The number of aliphatic hydroxyl groups is 2. The van der Waals surface area contributed by atoms with Gasteiger partial charge in [0.2, 0.25) is 0 Å². The number of hydrogen-bond acceptors (Lipinski definition) is 7. The Morgan fingerprint density at radius 1 is 1.03 bits per heavy atom. The van der Waals surface area contributed by atoms with E-state index in [4.69, 9.17) is 9.47 Å². The van der Waals surface area contributed by atoms with Crippen molar-refractivity contribution in [2.75, 3.05) is 0 Å². The lowest BCUT2D eigenvalue weighted by Crippen LogP contribution is -2.73. The van der Waals surface area contributed by atoms with Gasteiger partial charge >= 0.3 is 11.9 Å². The van der Waals surface area contributed by atoms with Gasteiger partial charge in [0.1, 0.15) is 18.0 Å². The van der Waals surface area contributed by atoms with Crippen LogP contribution in [0, 0.1) is 39.9 Å². The number of ketones is 1. The minimum atomic E-state index is -1.42. The van der Waals surface area contributed by atoms with E-state index in [-0.39, 0.29) is 23.0 Å². The summed E-state index contributed by atoms with van der Waals surface area (Å²) >= 11 is 0. The third-order valence-electron chi connectivity index (χ3n) is 9.51. The van der Waals surface area contributed by atoms with Gasteiger partial charge in [0, 0.05) is 31.1 Å². The molecule has 0 aromatic rings. The fraction of sp³-hybridized carbons (Fsp3) is 0.875. The standard InChI is InChI=1S/C24H36O7/c1-11-14-9-15(30-12(2)25)19-23(6)16(10-17(27)24(19,20(11)28)21(14)29)22(4,5)8-7-18(23)31-13(3)26/h11,14-19,21,27,29H,7-10H2,1-6H3/t11-,14-,15+,16-,17-,18-,19-,21-,23+,24+/m1/s1. The molecular weight excluding hydrogens is 400 g/mol. The van der Waals surface area contributed by atoms with Crippen LogP contribution in [-0.4, -0.2) is 52.4 Å². The third-order valence-corrected chi connectivity index (χ3v) is 9.51. The molecule has 4 aliphatic carbocycles. The number of hydrogen-bond donors (Lipinski definition) is 2. The fourth-order valence-corrected chi connectivity index (χ4v) is 8.41. The molecule has 174 valence electrons. The monoisotopic (exact) mass is 436 g/mol. The summed E-state index contributed by atoms with van der Waals surface area (Å²) in [6.07, 6.45) is -1.03. The highest BCUT2D eigenvalue weighted by atomic mass is 16.6. The number of ether oxygens (including phenoxy) is 2. The van der Waals surface area contributed by atoms with Gasteiger partial charge < -0.3 is 19.7 Å². The molecule has 0 unspecified atom stereocenters. The topological polar surface area (TPSA) is 110 Å². The SMILES string of the molecule is CC(=O)O[C@H]1C[C@H]2[C@@H](O)[C@@]3(C(=O)[C@@H]2C)[C@H](O)C[C@@H]2C(C)(C)CC[C@@H](OC(C)=O)[C@@]2(C)[C@@H]13. The van der Waals surface area contributed by atoms with Crippen molar-refractivity contribution >= 4 is 17.7 Å². The molecule has 2 bridgehead atoms. The van der Waals surface area contributed by atoms with Crippen molar-refractivity contribution < 1.29 is 34.1 Å². The highest BCUT2D eigenvalue weighted by Crippen LogP contribution is 2.71. The molecule has 0 amide bonds. The summed E-state index contributed by atoms with van der Waals surface area (Å²) in [6.45, 7) is 10.8. The molecule has 0 aromatic heterocycles. The summed E-state index contributed by atoms with van der Waals surface area (Å²) in [4.78, 5) is 37.9. The van der Waals surface area contributed by atoms with Crippen molar-refractivity contribution in [1.82, 2.24) is 0 Å². The van der Waals surface area contributed by atoms with Crippen LogP contribution in [0.1, 0.15) is 67.2 Å². The Morgan fingerprint density at radius 2 is 1.65 bits per heavy atom. The maximum atomic E-state index is 13.7. The number of aliphatic hydroxyl groups excluding tert-OH is 2. The lowest BCUT2D eigenvalue weighted by molar-refractivity contribution is -0.279. The van der Waals surface area contributed by atoms with E-state index in [1.165, 1.54) is 13.8 Å². The van der Waals surface area contributed by atoms with E-state index in [1.807, 2.05) is 6.92 Å². The second-order valence-electron chi connectivity index (χ2n) is 11.4. The van der Waals surface area contributed by atoms with Crippen LogP contribution in [0.3, 0.4) is 0 Å². The number of Topliss-reactive ketones (excluding diaryl/α,β-unsaturated/α-hetero) is 1. The largest absolute Gasteiger partial charge is 0.462 e. The smallest absolute Gasteiger partial charge is 0.302 e. The van der Waals surface area contributed by atoms with Gasteiger partial charge in [-0.05, 0) is 42.9 Å². The molecule has 10 atom stereocenters. The van der Waals surface area contributed by atoms with E-state index < -0.39 is 59.0 Å². The second kappa shape index (κ2) is 7.01. The van der Waals surface area contributed by atoms with Crippen molar-refractivity contribution in [2.45, 2.75) is 91.6 Å². The van der Waals surface area contributed by atoms with Crippen LogP contribution in [-0.2, 0) is 23.9 Å². The van der Waals surface area contributed by atoms with E-state index in [1.54, 1.807) is 6.92 Å². The van der Waals surface area contributed by atoms with Crippen LogP contribution >= 0.6 is 0 Å². The molecule has 4 rings (SSSR count). The first-order chi connectivity index (χ1) is 14.3. The number of fused-ring (bicyclic) bond motifs is 3. The van der Waals surface area contributed by atoms with Crippen LogP contribution in [0.5, 0.6) is 0 Å². The van der Waals surface area contributed by atoms with Gasteiger partial charge in [-0.15, -0.1) is 0 Å². The Bertz CT molecular complexity index is 806. The Labute approximate surface area is 183 Å². The number of carbonyl (C=O) groups excluding carboxylic acids is 3. The third kappa shape index (κ3) is 2.81. The zero-order valence-corrected chi connectivity index (χ0v) is 19.4. The van der Waals surface area contributed by atoms with Crippen molar-refractivity contribution in [3.8, 4) is 0 Å². The summed E-state index contributed by atoms with van der Waals surface area (Å²) in [5.41, 5.74) is -2.33. The van der Waals surface area contributed by atoms with Crippen molar-refractivity contribution in [1.29, 1.82) is 0 Å². The van der Waals surface area contributed by atoms with E-state index >= 15 is 0 Å². The molecule has 4 saturated carbocycles. The highest BCUT2D eigenvalue weighted by Gasteiger charge is 2.78. The number of esters is 2. The average molecular weight is 437 g/mol. The molecule has 2 N–H and O–H groups in total. The van der Waals surface area contributed by atoms with Gasteiger partial charge in [-0.25, -0.2) is 0 Å². The first-order valence-corrected chi connectivity index (χ1v) is 11.5. The minimum Gasteiger partial charge on any atom is -0.462 e. The lowest BCUT2D eigenvalue weighted by atomic mass is 9.38. The van der Waals surface area contributed by atoms with Gasteiger partial charge in [0.05, 0.1) is 17.6 Å². The van der Waals surface area contributed by atoms with Crippen molar-refractivity contribution in [3.63, 3.8) is 0 Å². The zero-order valence-electron chi connectivity index (χ0n) is 19.4. The summed E-state index contributed by atoms with van der Waals surface area (Å²) in [5.74, 6) is -2.51.